The Hall–Kier alpha value is -3.54. The molecule has 1 fully saturated rings. The number of methoxy groups -OCH3 is 2. The summed E-state index contributed by atoms with van der Waals surface area (Å²) in [7, 11) is 1.13. The van der Waals surface area contributed by atoms with Crippen molar-refractivity contribution in [1.82, 2.24) is 14.3 Å². The Morgan fingerprint density at radius 3 is 2.38 bits per heavy atom. The number of nitrogens with zero attached hydrogens (tertiary/aromatic N) is 4. The molecule has 0 bridgehead atoms. The molecular weight excluding hydrogens is 512 g/mol. The van der Waals surface area contributed by atoms with Gasteiger partial charge in [0.25, 0.3) is 5.91 Å². The zero-order valence-corrected chi connectivity index (χ0v) is 22.3. The minimum absolute atomic E-state index is 0.0503. The van der Waals surface area contributed by atoms with Crippen LogP contribution in [0.25, 0.3) is 10.2 Å². The Balaban J connectivity index is 1.53. The SMILES string of the molecule is COc1ccc(OC)c2sc(N(Cc3cccnc3)C(=O)c3ccc(S(=O)(=O)N(C)C4CC4)cc3)nc12. The molecule has 4 aromatic rings. The van der Waals surface area contributed by atoms with Gasteiger partial charge in [-0.05, 0) is 60.9 Å². The van der Waals surface area contributed by atoms with Crippen molar-refractivity contribution in [2.24, 2.45) is 0 Å². The number of hydrogen-bond acceptors (Lipinski definition) is 8. The van der Waals surface area contributed by atoms with E-state index in [9.17, 15) is 13.2 Å². The number of carbonyl (C=O) groups is 1. The molecule has 1 saturated carbocycles. The molecule has 0 saturated heterocycles. The molecule has 2 aromatic heterocycles. The Morgan fingerprint density at radius 1 is 1.05 bits per heavy atom. The number of amides is 1. The third-order valence-electron chi connectivity index (χ3n) is 6.28. The Labute approximate surface area is 219 Å². The second-order valence-corrected chi connectivity index (χ2v) is 11.6. The predicted octanol–water partition coefficient (Wildman–Crippen LogP) is 4.34. The standard InChI is InChI=1S/C26H26N4O5S2/c1-29(19-8-9-19)37(32,33)20-10-6-18(7-11-20)25(31)30(16-17-5-4-14-27-15-17)26-28-23-21(34-2)12-13-22(35-3)24(23)36-26/h4-7,10-15,19H,8-9,16H2,1-3H3. The highest BCUT2D eigenvalue weighted by molar-refractivity contribution is 7.89. The Kier molecular flexibility index (Phi) is 6.84. The number of fused-ring (bicyclic) bond motifs is 1. The lowest BCUT2D eigenvalue weighted by Crippen LogP contribution is -2.31. The molecular formula is C26H26N4O5S2. The highest BCUT2D eigenvalue weighted by Gasteiger charge is 2.35. The van der Waals surface area contributed by atoms with E-state index in [1.165, 1.54) is 27.8 Å². The smallest absolute Gasteiger partial charge is 0.260 e. The fourth-order valence-corrected chi connectivity index (χ4v) is 6.50. The van der Waals surface area contributed by atoms with Gasteiger partial charge in [0, 0.05) is 31.0 Å². The van der Waals surface area contributed by atoms with Gasteiger partial charge in [-0.25, -0.2) is 13.4 Å². The lowest BCUT2D eigenvalue weighted by molar-refractivity contribution is 0.0985. The second-order valence-electron chi connectivity index (χ2n) is 8.67. The fourth-order valence-electron chi connectivity index (χ4n) is 4.02. The molecule has 1 aliphatic carbocycles. The molecule has 2 aromatic carbocycles. The molecule has 11 heteroatoms. The molecule has 37 heavy (non-hydrogen) atoms. The summed E-state index contributed by atoms with van der Waals surface area (Å²) in [5.41, 5.74) is 1.75. The van der Waals surface area contributed by atoms with Gasteiger partial charge in [0.05, 0.1) is 25.7 Å². The number of sulfonamides is 1. The van der Waals surface area contributed by atoms with Gasteiger partial charge in [-0.2, -0.15) is 4.31 Å². The molecule has 5 rings (SSSR count). The number of carbonyl (C=O) groups excluding carboxylic acids is 1. The number of benzene rings is 2. The van der Waals surface area contributed by atoms with E-state index >= 15 is 0 Å². The average molecular weight is 539 g/mol. The summed E-state index contributed by atoms with van der Waals surface area (Å²) in [6.07, 6.45) is 5.10. The van der Waals surface area contributed by atoms with E-state index in [1.807, 2.05) is 6.07 Å². The summed E-state index contributed by atoms with van der Waals surface area (Å²) < 4.78 is 39.0. The zero-order valence-electron chi connectivity index (χ0n) is 20.6. The van der Waals surface area contributed by atoms with E-state index in [2.05, 4.69) is 4.98 Å². The minimum Gasteiger partial charge on any atom is -0.495 e. The maximum Gasteiger partial charge on any atom is 0.260 e. The largest absolute Gasteiger partial charge is 0.495 e. The van der Waals surface area contributed by atoms with Crippen LogP contribution in [0.15, 0.2) is 65.8 Å². The van der Waals surface area contributed by atoms with Crippen molar-refractivity contribution in [2.75, 3.05) is 26.2 Å². The van der Waals surface area contributed by atoms with Gasteiger partial charge >= 0.3 is 0 Å². The first kappa shape index (κ1) is 25.1. The van der Waals surface area contributed by atoms with Crippen molar-refractivity contribution < 1.29 is 22.7 Å². The predicted molar refractivity (Wildman–Crippen MR) is 142 cm³/mol. The van der Waals surface area contributed by atoms with E-state index in [4.69, 9.17) is 14.5 Å². The van der Waals surface area contributed by atoms with Crippen LogP contribution in [-0.2, 0) is 16.6 Å². The van der Waals surface area contributed by atoms with Gasteiger partial charge < -0.3 is 9.47 Å². The van der Waals surface area contributed by atoms with E-state index in [-0.39, 0.29) is 23.4 Å². The second kappa shape index (κ2) is 10.1. The molecule has 9 nitrogen and oxygen atoms in total. The van der Waals surface area contributed by atoms with Gasteiger partial charge in [0.2, 0.25) is 10.0 Å². The first-order chi connectivity index (χ1) is 17.8. The highest BCUT2D eigenvalue weighted by Crippen LogP contribution is 2.41. The summed E-state index contributed by atoms with van der Waals surface area (Å²) in [5.74, 6) is 0.879. The zero-order chi connectivity index (χ0) is 26.2. The number of pyridine rings is 1. The number of anilines is 1. The van der Waals surface area contributed by atoms with E-state index in [0.717, 1.165) is 23.1 Å². The van der Waals surface area contributed by atoms with Crippen LogP contribution in [0, 0.1) is 0 Å². The molecule has 0 aliphatic heterocycles. The van der Waals surface area contributed by atoms with Crippen LogP contribution in [0.4, 0.5) is 5.13 Å². The van der Waals surface area contributed by atoms with Crippen LogP contribution >= 0.6 is 11.3 Å². The number of ether oxygens (including phenoxy) is 2. The van der Waals surface area contributed by atoms with Crippen LogP contribution < -0.4 is 14.4 Å². The lowest BCUT2D eigenvalue weighted by Gasteiger charge is -2.20. The molecule has 0 atom stereocenters. The highest BCUT2D eigenvalue weighted by atomic mass is 32.2. The van der Waals surface area contributed by atoms with Crippen molar-refractivity contribution in [3.05, 3.63) is 72.1 Å². The fraction of sp³-hybridized carbons (Fsp3) is 0.269. The van der Waals surface area contributed by atoms with Gasteiger partial charge in [-0.3, -0.25) is 14.7 Å². The minimum atomic E-state index is -3.61. The maximum absolute atomic E-state index is 13.8. The molecule has 1 amide bonds. The van der Waals surface area contributed by atoms with E-state index in [0.29, 0.717) is 27.7 Å². The third-order valence-corrected chi connectivity index (χ3v) is 9.30. The average Bonchev–Trinajstić information content (AvgIpc) is 3.68. The monoisotopic (exact) mass is 538 g/mol. The molecule has 0 spiro atoms. The number of thiazole rings is 1. The van der Waals surface area contributed by atoms with Gasteiger partial charge in [0.15, 0.2) is 5.13 Å². The topological polar surface area (TPSA) is 102 Å². The third kappa shape index (κ3) is 4.89. The molecule has 0 N–H and O–H groups in total. The quantitative estimate of drug-likeness (QED) is 0.312. The number of hydrogen-bond donors (Lipinski definition) is 0. The summed E-state index contributed by atoms with van der Waals surface area (Å²) in [6.45, 7) is 0.224. The first-order valence-electron chi connectivity index (χ1n) is 11.6. The normalized spacial score (nSPS) is 13.6. The molecule has 0 radical (unpaired) electrons. The van der Waals surface area contributed by atoms with E-state index in [1.54, 1.807) is 68.9 Å². The number of rotatable bonds is 9. The molecule has 0 unspecified atom stereocenters. The van der Waals surface area contributed by atoms with Gasteiger partial charge in [-0.15, -0.1) is 0 Å². The summed E-state index contributed by atoms with van der Waals surface area (Å²) in [6, 6.07) is 13.4. The summed E-state index contributed by atoms with van der Waals surface area (Å²) in [4.78, 5) is 24.4. The van der Waals surface area contributed by atoms with Crippen molar-refractivity contribution >= 4 is 42.6 Å². The van der Waals surface area contributed by atoms with Crippen molar-refractivity contribution in [2.45, 2.75) is 30.3 Å². The Morgan fingerprint density at radius 2 is 1.76 bits per heavy atom. The van der Waals surface area contributed by atoms with E-state index < -0.39 is 10.0 Å². The summed E-state index contributed by atoms with van der Waals surface area (Å²) in [5, 5.41) is 0.455. The lowest BCUT2D eigenvalue weighted by atomic mass is 10.2. The summed E-state index contributed by atoms with van der Waals surface area (Å²) >= 11 is 1.32. The molecule has 1 aliphatic rings. The van der Waals surface area contributed by atoms with Gasteiger partial charge in [-0.1, -0.05) is 17.4 Å². The van der Waals surface area contributed by atoms with Crippen molar-refractivity contribution in [3.63, 3.8) is 0 Å². The van der Waals surface area contributed by atoms with Crippen LogP contribution in [0.3, 0.4) is 0 Å². The maximum atomic E-state index is 13.8. The van der Waals surface area contributed by atoms with Crippen molar-refractivity contribution in [1.29, 1.82) is 0 Å². The molecule has 192 valence electrons. The Bertz CT molecular complexity index is 1490. The molecule has 2 heterocycles. The van der Waals surface area contributed by atoms with Gasteiger partial charge in [0.1, 0.15) is 21.7 Å². The van der Waals surface area contributed by atoms with Crippen LogP contribution in [-0.4, -0.2) is 55.9 Å². The van der Waals surface area contributed by atoms with Crippen LogP contribution in [0.1, 0.15) is 28.8 Å². The first-order valence-corrected chi connectivity index (χ1v) is 13.9. The number of aromatic nitrogens is 2. The van der Waals surface area contributed by atoms with Crippen LogP contribution in [0.2, 0.25) is 0 Å². The van der Waals surface area contributed by atoms with Crippen molar-refractivity contribution in [3.8, 4) is 11.5 Å². The van der Waals surface area contributed by atoms with Crippen LogP contribution in [0.5, 0.6) is 11.5 Å².